The molecule has 2 rings (SSSR count). The van der Waals surface area contributed by atoms with Crippen LogP contribution < -0.4 is 10.1 Å². The molecule has 0 aliphatic rings. The summed E-state index contributed by atoms with van der Waals surface area (Å²) < 4.78 is 10.7. The van der Waals surface area contributed by atoms with Crippen molar-refractivity contribution in [2.45, 2.75) is 77.7 Å². The van der Waals surface area contributed by atoms with Crippen molar-refractivity contribution in [2.75, 3.05) is 6.61 Å². The fraction of sp³-hybridized carbons (Fsp3) is 0.325. The second-order valence-corrected chi connectivity index (χ2v) is 10.4. The molecule has 0 radical (unpaired) electrons. The van der Waals surface area contributed by atoms with Gasteiger partial charge in [0, 0.05) is 12.8 Å². The van der Waals surface area contributed by atoms with Gasteiger partial charge in [-0.2, -0.15) is 0 Å². The molecule has 6 nitrogen and oxygen atoms in total. The Balaban J connectivity index is 1.76. The molecule has 1 atom stereocenters. The van der Waals surface area contributed by atoms with Gasteiger partial charge in [0.25, 0.3) is 0 Å². The molecular formula is C40H49NO5. The minimum Gasteiger partial charge on any atom is -0.462 e. The van der Waals surface area contributed by atoms with Gasteiger partial charge >= 0.3 is 11.9 Å². The predicted octanol–water partition coefficient (Wildman–Crippen LogP) is 8.97. The van der Waals surface area contributed by atoms with Crippen molar-refractivity contribution in [3.05, 3.63) is 139 Å². The van der Waals surface area contributed by atoms with Crippen LogP contribution in [0.25, 0.3) is 0 Å². The lowest BCUT2D eigenvalue weighted by atomic mass is 10.1. The molecule has 0 aliphatic carbocycles. The van der Waals surface area contributed by atoms with E-state index in [1.54, 1.807) is 19.1 Å². The third-order valence-corrected chi connectivity index (χ3v) is 6.63. The van der Waals surface area contributed by atoms with E-state index in [2.05, 4.69) is 73.0 Å². The molecule has 244 valence electrons. The molecule has 0 bridgehead atoms. The number of rotatable bonds is 21. The van der Waals surface area contributed by atoms with Gasteiger partial charge in [-0.05, 0) is 69.6 Å². The molecule has 0 saturated carbocycles. The Morgan fingerprint density at radius 1 is 0.674 bits per heavy atom. The van der Waals surface area contributed by atoms with Crippen LogP contribution in [0.4, 0.5) is 0 Å². The Labute approximate surface area is 275 Å². The number of benzene rings is 2. The van der Waals surface area contributed by atoms with Gasteiger partial charge in [0.2, 0.25) is 5.91 Å². The highest BCUT2D eigenvalue weighted by Crippen LogP contribution is 2.20. The zero-order valence-corrected chi connectivity index (χ0v) is 27.3. The monoisotopic (exact) mass is 623 g/mol. The molecule has 6 heteroatoms. The normalized spacial score (nSPS) is 12.7. The molecule has 1 amide bonds. The van der Waals surface area contributed by atoms with Crippen molar-refractivity contribution >= 4 is 17.8 Å². The fourth-order valence-corrected chi connectivity index (χ4v) is 4.28. The van der Waals surface area contributed by atoms with Gasteiger partial charge in [0.15, 0.2) is 0 Å². The van der Waals surface area contributed by atoms with Crippen molar-refractivity contribution in [2.24, 2.45) is 0 Å². The van der Waals surface area contributed by atoms with Crippen LogP contribution in [0.2, 0.25) is 0 Å². The maximum atomic E-state index is 13.2. The van der Waals surface area contributed by atoms with Gasteiger partial charge in [0.1, 0.15) is 17.4 Å². The molecule has 0 heterocycles. The van der Waals surface area contributed by atoms with E-state index in [1.807, 2.05) is 42.5 Å². The van der Waals surface area contributed by atoms with E-state index in [1.165, 1.54) is 12.1 Å². The van der Waals surface area contributed by atoms with Gasteiger partial charge in [0.05, 0.1) is 6.61 Å². The fourth-order valence-electron chi connectivity index (χ4n) is 4.28. The first kappa shape index (κ1) is 37.5. The van der Waals surface area contributed by atoms with Crippen LogP contribution in [-0.4, -0.2) is 30.5 Å². The van der Waals surface area contributed by atoms with Gasteiger partial charge in [-0.25, -0.2) is 9.59 Å². The molecule has 2 aromatic rings. The first-order valence-corrected chi connectivity index (χ1v) is 16.3. The van der Waals surface area contributed by atoms with E-state index in [-0.39, 0.29) is 36.7 Å². The number of para-hydroxylation sites is 1. The van der Waals surface area contributed by atoms with Crippen molar-refractivity contribution < 1.29 is 23.9 Å². The molecule has 2 aromatic carbocycles. The molecule has 0 aliphatic heterocycles. The number of carbonyl (C=O) groups excluding carboxylic acids is 3. The molecule has 1 unspecified atom stereocenters. The van der Waals surface area contributed by atoms with Gasteiger partial charge in [-0.1, -0.05) is 122 Å². The first-order valence-electron chi connectivity index (χ1n) is 16.3. The van der Waals surface area contributed by atoms with Crippen LogP contribution in [-0.2, 0) is 20.7 Å². The first-order chi connectivity index (χ1) is 22.5. The van der Waals surface area contributed by atoms with E-state index < -0.39 is 18.0 Å². The number of hydrogen-bond donors (Lipinski definition) is 1. The quantitative estimate of drug-likeness (QED) is 0.0853. The Kier molecular flexibility index (Phi) is 20.0. The standard InChI is InChI=1S/C40H49NO5/c1-3-5-6-7-8-9-10-11-12-13-14-15-16-17-18-19-20-21-25-32-38(42)41-36(33-34-28-23-22-24-29-34)40(44)46-37-31-27-26-30-35(37)39(43)45-4-2/h5-6,8-9,11-12,14-15,17-18,20-24,26-31,36H,3-4,7,10,13,16,19,25,32-33H2,1-2H3,(H,41,42). The molecule has 0 saturated heterocycles. The zero-order chi connectivity index (χ0) is 33.1. The number of allylic oxidation sites excluding steroid dienone is 12. The number of carbonyl (C=O) groups is 3. The van der Waals surface area contributed by atoms with Crippen LogP contribution in [0.15, 0.2) is 128 Å². The number of hydrogen-bond acceptors (Lipinski definition) is 5. The molecule has 46 heavy (non-hydrogen) atoms. The number of esters is 2. The minimum absolute atomic E-state index is 0.0937. The third-order valence-electron chi connectivity index (χ3n) is 6.63. The van der Waals surface area contributed by atoms with E-state index in [0.29, 0.717) is 6.42 Å². The van der Waals surface area contributed by atoms with E-state index in [9.17, 15) is 14.4 Å². The topological polar surface area (TPSA) is 81.7 Å². The third kappa shape index (κ3) is 17.0. The highest BCUT2D eigenvalue weighted by molar-refractivity contribution is 5.94. The second-order valence-electron chi connectivity index (χ2n) is 10.4. The summed E-state index contributed by atoms with van der Waals surface area (Å²) in [5, 5.41) is 2.82. The van der Waals surface area contributed by atoms with E-state index >= 15 is 0 Å². The average molecular weight is 624 g/mol. The van der Waals surface area contributed by atoms with Gasteiger partial charge < -0.3 is 14.8 Å². The van der Waals surface area contributed by atoms with E-state index in [4.69, 9.17) is 9.47 Å². The lowest BCUT2D eigenvalue weighted by Gasteiger charge is -2.18. The van der Waals surface area contributed by atoms with Gasteiger partial charge in [-0.3, -0.25) is 4.79 Å². The Morgan fingerprint density at radius 3 is 1.76 bits per heavy atom. The summed E-state index contributed by atoms with van der Waals surface area (Å²) in [5.41, 5.74) is 1.03. The number of ether oxygens (including phenoxy) is 2. The maximum Gasteiger partial charge on any atom is 0.341 e. The number of nitrogens with one attached hydrogen (secondary N) is 1. The molecule has 0 spiro atoms. The Bertz CT molecular complexity index is 1350. The lowest BCUT2D eigenvalue weighted by Crippen LogP contribution is -2.44. The van der Waals surface area contributed by atoms with Crippen LogP contribution in [0.5, 0.6) is 5.75 Å². The summed E-state index contributed by atoms with van der Waals surface area (Å²) in [5.74, 6) is -1.39. The highest BCUT2D eigenvalue weighted by Gasteiger charge is 2.25. The van der Waals surface area contributed by atoms with Crippen LogP contribution in [0, 0.1) is 0 Å². The summed E-state index contributed by atoms with van der Waals surface area (Å²) in [6.07, 6.45) is 32.4. The van der Waals surface area contributed by atoms with Crippen LogP contribution in [0.1, 0.15) is 81.1 Å². The van der Waals surface area contributed by atoms with E-state index in [0.717, 1.165) is 44.1 Å². The SMILES string of the molecule is CCC=CCC=CCC=CCC=CCC=CCC=CCCC(=O)NC(Cc1ccccc1)C(=O)Oc1ccccc1C(=O)OCC. The Hall–Kier alpha value is -4.71. The van der Waals surface area contributed by atoms with Crippen molar-refractivity contribution in [3.63, 3.8) is 0 Å². The van der Waals surface area contributed by atoms with Crippen molar-refractivity contribution in [1.29, 1.82) is 0 Å². The summed E-state index contributed by atoms with van der Waals surface area (Å²) in [6.45, 7) is 4.05. The molecular weight excluding hydrogens is 574 g/mol. The maximum absolute atomic E-state index is 13.2. The zero-order valence-electron chi connectivity index (χ0n) is 27.3. The summed E-state index contributed by atoms with van der Waals surface area (Å²) in [6, 6.07) is 14.9. The molecule has 1 N–H and O–H groups in total. The smallest absolute Gasteiger partial charge is 0.341 e. The molecule has 0 aromatic heterocycles. The summed E-state index contributed by atoms with van der Waals surface area (Å²) in [7, 11) is 0. The van der Waals surface area contributed by atoms with Crippen LogP contribution >= 0.6 is 0 Å². The van der Waals surface area contributed by atoms with Crippen LogP contribution in [0.3, 0.4) is 0 Å². The lowest BCUT2D eigenvalue weighted by molar-refractivity contribution is -0.139. The van der Waals surface area contributed by atoms with Crippen molar-refractivity contribution in [1.82, 2.24) is 5.32 Å². The highest BCUT2D eigenvalue weighted by atomic mass is 16.5. The summed E-state index contributed by atoms with van der Waals surface area (Å²) >= 11 is 0. The van der Waals surface area contributed by atoms with Gasteiger partial charge in [-0.15, -0.1) is 0 Å². The Morgan fingerprint density at radius 2 is 1.20 bits per heavy atom. The van der Waals surface area contributed by atoms with Crippen molar-refractivity contribution in [3.8, 4) is 5.75 Å². The second kappa shape index (κ2) is 24.6. The predicted molar refractivity (Wildman–Crippen MR) is 188 cm³/mol. The number of amides is 1. The minimum atomic E-state index is -0.921. The average Bonchev–Trinajstić information content (AvgIpc) is 3.06. The molecule has 0 fully saturated rings. The largest absolute Gasteiger partial charge is 0.462 e. The summed E-state index contributed by atoms with van der Waals surface area (Å²) in [4.78, 5) is 38.3.